The Morgan fingerprint density at radius 2 is 1.62 bits per heavy atom. The van der Waals surface area contributed by atoms with Gasteiger partial charge in [0.2, 0.25) is 0 Å². The molecule has 0 unspecified atom stereocenters. The van der Waals surface area contributed by atoms with Crippen LogP contribution in [-0.4, -0.2) is 12.1 Å². The molecular formula is C34H53NO2. The van der Waals surface area contributed by atoms with Crippen LogP contribution in [0.5, 0.6) is 0 Å². The fourth-order valence-electron chi connectivity index (χ4n) is 10.2. The van der Waals surface area contributed by atoms with Crippen molar-refractivity contribution in [2.24, 2.45) is 52.3 Å². The van der Waals surface area contributed by atoms with Crippen LogP contribution in [0.25, 0.3) is 0 Å². The van der Waals surface area contributed by atoms with Gasteiger partial charge >= 0.3 is 5.97 Å². The van der Waals surface area contributed by atoms with Crippen LogP contribution in [-0.2, 0) is 4.74 Å². The molecule has 3 heteroatoms. The summed E-state index contributed by atoms with van der Waals surface area (Å²) in [5.41, 5.74) is 8.08. The summed E-state index contributed by atoms with van der Waals surface area (Å²) < 4.78 is 6.04. The van der Waals surface area contributed by atoms with Crippen molar-refractivity contribution < 1.29 is 9.53 Å². The van der Waals surface area contributed by atoms with Crippen molar-refractivity contribution >= 4 is 11.7 Å². The monoisotopic (exact) mass is 507 g/mol. The average Bonchev–Trinajstić information content (AvgIpc) is 3.21. The molecule has 4 aliphatic rings. The van der Waals surface area contributed by atoms with Crippen molar-refractivity contribution in [3.63, 3.8) is 0 Å². The van der Waals surface area contributed by atoms with Crippen LogP contribution >= 0.6 is 0 Å². The number of nitrogens with two attached hydrogens (primary N) is 1. The van der Waals surface area contributed by atoms with Crippen LogP contribution in [0.15, 0.2) is 24.3 Å². The number of rotatable bonds is 7. The molecule has 206 valence electrons. The number of hydrogen-bond acceptors (Lipinski definition) is 3. The minimum Gasteiger partial charge on any atom is -0.459 e. The lowest BCUT2D eigenvalue weighted by Gasteiger charge is -2.61. The molecule has 0 aliphatic heterocycles. The maximum Gasteiger partial charge on any atom is 0.338 e. The Bertz CT molecular complexity index is 940. The van der Waals surface area contributed by atoms with Crippen molar-refractivity contribution in [3.05, 3.63) is 29.8 Å². The fraction of sp³-hybridized carbons (Fsp3) is 0.794. The molecule has 9 atom stereocenters. The Hall–Kier alpha value is -1.51. The topological polar surface area (TPSA) is 52.3 Å². The number of anilines is 1. The highest BCUT2D eigenvalue weighted by atomic mass is 16.5. The van der Waals surface area contributed by atoms with E-state index in [0.717, 1.165) is 48.3 Å². The summed E-state index contributed by atoms with van der Waals surface area (Å²) in [5.74, 6) is 5.88. The van der Waals surface area contributed by atoms with Gasteiger partial charge in [-0.15, -0.1) is 0 Å². The van der Waals surface area contributed by atoms with E-state index in [4.69, 9.17) is 10.5 Å². The number of benzene rings is 1. The van der Waals surface area contributed by atoms with E-state index in [1.807, 2.05) is 0 Å². The zero-order valence-electron chi connectivity index (χ0n) is 24.3. The molecule has 0 aromatic heterocycles. The molecule has 37 heavy (non-hydrogen) atoms. The van der Waals surface area contributed by atoms with Crippen LogP contribution in [0.4, 0.5) is 5.69 Å². The number of nitrogen functional groups attached to an aromatic ring is 1. The molecule has 0 saturated heterocycles. The predicted octanol–water partition coefficient (Wildman–Crippen LogP) is 8.92. The second-order valence-corrected chi connectivity index (χ2v) is 14.6. The summed E-state index contributed by atoms with van der Waals surface area (Å²) in [6.45, 7) is 12.6. The lowest BCUT2D eigenvalue weighted by atomic mass is 9.44. The van der Waals surface area contributed by atoms with E-state index in [-0.39, 0.29) is 12.1 Å². The summed E-state index contributed by atoms with van der Waals surface area (Å²) in [5, 5.41) is 0. The quantitative estimate of drug-likeness (QED) is 0.296. The van der Waals surface area contributed by atoms with Gasteiger partial charge in [0.15, 0.2) is 0 Å². The normalized spacial score (nSPS) is 39.9. The van der Waals surface area contributed by atoms with E-state index in [9.17, 15) is 4.79 Å². The number of carbonyl (C=O) groups excluding carboxylic acids is 1. The standard InChI is InChI=1S/C34H53NO2/c1-22(2)7-6-8-23(3)29-15-16-30-28-14-11-25-21-27(37-32(36)24-9-12-26(35)13-10-24)17-19-33(25,4)31(28)18-20-34(29,30)5/h9-10,12-13,22-23,25,27-31H,6-8,11,14-21,35H2,1-5H3/t23-,25+,27+,28+,29-,30+,31+,33+,34-/m1/s1. The molecule has 0 bridgehead atoms. The molecule has 5 rings (SSSR count). The van der Waals surface area contributed by atoms with Crippen molar-refractivity contribution in [2.45, 2.75) is 118 Å². The Morgan fingerprint density at radius 1 is 0.919 bits per heavy atom. The smallest absolute Gasteiger partial charge is 0.338 e. The van der Waals surface area contributed by atoms with Gasteiger partial charge in [0.1, 0.15) is 6.10 Å². The summed E-state index contributed by atoms with van der Waals surface area (Å²) >= 11 is 0. The number of ether oxygens (including phenoxy) is 1. The Kier molecular flexibility index (Phi) is 7.74. The number of hydrogen-bond donors (Lipinski definition) is 1. The number of fused-ring (bicyclic) bond motifs is 5. The van der Waals surface area contributed by atoms with Crippen molar-refractivity contribution in [3.8, 4) is 0 Å². The highest BCUT2D eigenvalue weighted by molar-refractivity contribution is 5.89. The molecule has 0 radical (unpaired) electrons. The van der Waals surface area contributed by atoms with E-state index in [1.54, 1.807) is 24.3 Å². The Morgan fingerprint density at radius 3 is 2.35 bits per heavy atom. The van der Waals surface area contributed by atoms with E-state index in [2.05, 4.69) is 34.6 Å². The maximum absolute atomic E-state index is 12.8. The largest absolute Gasteiger partial charge is 0.459 e. The van der Waals surface area contributed by atoms with Gasteiger partial charge in [0.05, 0.1) is 5.56 Å². The summed E-state index contributed by atoms with van der Waals surface area (Å²) in [7, 11) is 0. The van der Waals surface area contributed by atoms with Gasteiger partial charge in [0, 0.05) is 5.69 Å². The third-order valence-corrected chi connectivity index (χ3v) is 12.2. The molecule has 1 aromatic carbocycles. The highest BCUT2D eigenvalue weighted by Crippen LogP contribution is 2.68. The maximum atomic E-state index is 12.8. The minimum atomic E-state index is -0.185. The lowest BCUT2D eigenvalue weighted by molar-refractivity contribution is -0.130. The molecule has 4 aliphatic carbocycles. The van der Waals surface area contributed by atoms with Crippen molar-refractivity contribution in [1.82, 2.24) is 0 Å². The highest BCUT2D eigenvalue weighted by Gasteiger charge is 2.60. The molecule has 0 spiro atoms. The first-order chi connectivity index (χ1) is 17.6. The Labute approximate surface area is 226 Å². The van der Waals surface area contributed by atoms with Gasteiger partial charge in [-0.3, -0.25) is 0 Å². The zero-order valence-corrected chi connectivity index (χ0v) is 24.3. The minimum absolute atomic E-state index is 0.0658. The van der Waals surface area contributed by atoms with Crippen LogP contribution in [0.3, 0.4) is 0 Å². The third kappa shape index (κ3) is 5.10. The van der Waals surface area contributed by atoms with Gasteiger partial charge in [-0.2, -0.15) is 0 Å². The van der Waals surface area contributed by atoms with E-state index in [1.165, 1.54) is 64.2 Å². The molecule has 2 N–H and O–H groups in total. The van der Waals surface area contributed by atoms with Crippen molar-refractivity contribution in [1.29, 1.82) is 0 Å². The zero-order chi connectivity index (χ0) is 26.4. The first-order valence-electron chi connectivity index (χ1n) is 15.7. The van der Waals surface area contributed by atoms with Gasteiger partial charge < -0.3 is 10.5 Å². The van der Waals surface area contributed by atoms with Gasteiger partial charge in [-0.25, -0.2) is 4.79 Å². The van der Waals surface area contributed by atoms with Gasteiger partial charge in [-0.1, -0.05) is 53.9 Å². The molecule has 1 aromatic rings. The fourth-order valence-corrected chi connectivity index (χ4v) is 10.2. The van der Waals surface area contributed by atoms with Crippen LogP contribution in [0, 0.1) is 52.3 Å². The SMILES string of the molecule is CC(C)CCC[C@@H](C)[C@H]1CC[C@H]2[C@@H]3CC[C@H]4C[C@@H](OC(=O)c5ccc(N)cc5)CC[C@]4(C)[C@H]3CC[C@]12C. The van der Waals surface area contributed by atoms with Crippen molar-refractivity contribution in [2.75, 3.05) is 5.73 Å². The number of carbonyl (C=O) groups is 1. The predicted molar refractivity (Wildman–Crippen MR) is 153 cm³/mol. The Balaban J connectivity index is 1.21. The molecule has 0 heterocycles. The van der Waals surface area contributed by atoms with E-state index < -0.39 is 0 Å². The molecule has 3 nitrogen and oxygen atoms in total. The van der Waals surface area contributed by atoms with Gasteiger partial charge in [0.25, 0.3) is 0 Å². The summed E-state index contributed by atoms with van der Waals surface area (Å²) in [4.78, 5) is 12.8. The summed E-state index contributed by atoms with van der Waals surface area (Å²) in [6.07, 6.45) is 16.1. The first-order valence-corrected chi connectivity index (χ1v) is 15.7. The molecule has 4 saturated carbocycles. The molecular weight excluding hydrogens is 454 g/mol. The van der Waals surface area contributed by atoms with E-state index in [0.29, 0.717) is 28.0 Å². The first kappa shape index (κ1) is 27.1. The molecule has 4 fully saturated rings. The second-order valence-electron chi connectivity index (χ2n) is 14.6. The van der Waals surface area contributed by atoms with Crippen LogP contribution in [0.2, 0.25) is 0 Å². The third-order valence-electron chi connectivity index (χ3n) is 12.2. The molecule has 0 amide bonds. The average molecular weight is 508 g/mol. The van der Waals surface area contributed by atoms with E-state index >= 15 is 0 Å². The van der Waals surface area contributed by atoms with Gasteiger partial charge in [-0.05, 0) is 134 Å². The lowest BCUT2D eigenvalue weighted by Crippen LogP contribution is -2.54. The summed E-state index contributed by atoms with van der Waals surface area (Å²) in [6, 6.07) is 7.14. The van der Waals surface area contributed by atoms with Crippen LogP contribution in [0.1, 0.15) is 122 Å². The second kappa shape index (κ2) is 10.6. The number of esters is 1. The van der Waals surface area contributed by atoms with Crippen LogP contribution < -0.4 is 5.73 Å².